The van der Waals surface area contributed by atoms with Crippen LogP contribution in [0.2, 0.25) is 0 Å². The Hall–Kier alpha value is -1.46. The Kier molecular flexibility index (Phi) is 6.14. The van der Waals surface area contributed by atoms with E-state index in [1.807, 2.05) is 0 Å². The number of rotatable bonds is 8. The molecule has 1 aliphatic heterocycles. The van der Waals surface area contributed by atoms with Crippen LogP contribution in [0.1, 0.15) is 30.1 Å². The lowest BCUT2D eigenvalue weighted by Gasteiger charge is -2.12. The summed E-state index contributed by atoms with van der Waals surface area (Å²) in [5.74, 6) is -0.233. The van der Waals surface area contributed by atoms with Gasteiger partial charge in [-0.1, -0.05) is 6.07 Å². The van der Waals surface area contributed by atoms with Crippen LogP contribution >= 0.6 is 0 Å². The number of anilines is 1. The van der Waals surface area contributed by atoms with Crippen molar-refractivity contribution < 1.29 is 18.7 Å². The highest BCUT2D eigenvalue weighted by Gasteiger charge is 2.15. The minimum Gasteiger partial charge on any atom is -0.384 e. The maximum absolute atomic E-state index is 13.6. The Labute approximate surface area is 124 Å². The summed E-state index contributed by atoms with van der Waals surface area (Å²) in [5.41, 5.74) is 0.674. The van der Waals surface area contributed by atoms with Crippen molar-refractivity contribution in [2.45, 2.75) is 19.8 Å². The molecule has 5 heteroatoms. The maximum Gasteiger partial charge on any atom is 0.164 e. The molecular formula is C16H22FNO3. The molecule has 0 aromatic heterocycles. The zero-order valence-corrected chi connectivity index (χ0v) is 12.4. The molecule has 1 aromatic carbocycles. The van der Waals surface area contributed by atoms with Crippen molar-refractivity contribution >= 4 is 11.5 Å². The quantitative estimate of drug-likeness (QED) is 0.592. The molecule has 1 fully saturated rings. The zero-order valence-electron chi connectivity index (χ0n) is 12.4. The average molecular weight is 295 g/mol. The van der Waals surface area contributed by atoms with Crippen LogP contribution in [0.25, 0.3) is 0 Å². The summed E-state index contributed by atoms with van der Waals surface area (Å²) in [6.45, 7) is 5.03. The van der Waals surface area contributed by atoms with Gasteiger partial charge < -0.3 is 14.8 Å². The summed E-state index contributed by atoms with van der Waals surface area (Å²) in [6.07, 6.45) is 1.88. The van der Waals surface area contributed by atoms with Crippen molar-refractivity contribution in [3.05, 3.63) is 29.6 Å². The molecule has 2 rings (SSSR count). The van der Waals surface area contributed by atoms with E-state index in [0.717, 1.165) is 32.7 Å². The van der Waals surface area contributed by atoms with E-state index < -0.39 is 5.82 Å². The Morgan fingerprint density at radius 3 is 3.10 bits per heavy atom. The fraction of sp³-hybridized carbons (Fsp3) is 0.562. The van der Waals surface area contributed by atoms with Crippen LogP contribution in [0.4, 0.5) is 10.1 Å². The van der Waals surface area contributed by atoms with Crippen LogP contribution in [-0.2, 0) is 9.47 Å². The highest BCUT2D eigenvalue weighted by molar-refractivity contribution is 5.99. The second kappa shape index (κ2) is 8.10. The van der Waals surface area contributed by atoms with Crippen LogP contribution in [0, 0.1) is 11.7 Å². The van der Waals surface area contributed by atoms with Gasteiger partial charge in [-0.25, -0.2) is 4.39 Å². The van der Waals surface area contributed by atoms with Crippen molar-refractivity contribution in [3.63, 3.8) is 0 Å². The third-order valence-corrected chi connectivity index (χ3v) is 3.52. The molecule has 116 valence electrons. The first kappa shape index (κ1) is 15.9. The number of halogens is 1. The molecule has 1 N–H and O–H groups in total. The van der Waals surface area contributed by atoms with E-state index >= 15 is 0 Å². The highest BCUT2D eigenvalue weighted by Crippen LogP contribution is 2.19. The number of benzene rings is 1. The van der Waals surface area contributed by atoms with Crippen LogP contribution in [0.15, 0.2) is 18.2 Å². The lowest BCUT2D eigenvalue weighted by atomic mass is 10.1. The minimum atomic E-state index is -0.481. The van der Waals surface area contributed by atoms with Gasteiger partial charge in [-0.2, -0.15) is 0 Å². The van der Waals surface area contributed by atoms with E-state index in [1.54, 1.807) is 12.1 Å². The lowest BCUT2D eigenvalue weighted by Crippen LogP contribution is -2.13. The van der Waals surface area contributed by atoms with E-state index in [2.05, 4.69) is 5.32 Å². The van der Waals surface area contributed by atoms with E-state index in [0.29, 0.717) is 24.8 Å². The first-order valence-electron chi connectivity index (χ1n) is 7.37. The third kappa shape index (κ3) is 4.79. The fourth-order valence-corrected chi connectivity index (χ4v) is 2.39. The van der Waals surface area contributed by atoms with Crippen LogP contribution in [0.3, 0.4) is 0 Å². The Morgan fingerprint density at radius 1 is 1.52 bits per heavy atom. The van der Waals surface area contributed by atoms with E-state index in [9.17, 15) is 9.18 Å². The molecule has 1 unspecified atom stereocenters. The zero-order chi connectivity index (χ0) is 15.1. The number of Topliss-reactive ketones (excluding diaryl/α,β-unsaturated/α-hetero) is 1. The molecule has 21 heavy (non-hydrogen) atoms. The number of hydrogen-bond acceptors (Lipinski definition) is 4. The van der Waals surface area contributed by atoms with Crippen LogP contribution in [0.5, 0.6) is 0 Å². The van der Waals surface area contributed by atoms with Gasteiger partial charge in [0.15, 0.2) is 5.78 Å². The normalized spacial score (nSPS) is 17.9. The lowest BCUT2D eigenvalue weighted by molar-refractivity contribution is 0.0897. The van der Waals surface area contributed by atoms with Gasteiger partial charge in [0.2, 0.25) is 0 Å². The molecule has 1 aliphatic rings. The van der Waals surface area contributed by atoms with Gasteiger partial charge in [0, 0.05) is 31.4 Å². The average Bonchev–Trinajstić information content (AvgIpc) is 2.95. The summed E-state index contributed by atoms with van der Waals surface area (Å²) < 4.78 is 24.5. The number of ketones is 1. The van der Waals surface area contributed by atoms with Crippen molar-refractivity contribution in [1.82, 2.24) is 0 Å². The van der Waals surface area contributed by atoms with Gasteiger partial charge in [0.25, 0.3) is 0 Å². The molecule has 0 amide bonds. The fourth-order valence-electron chi connectivity index (χ4n) is 2.39. The SMILES string of the molecule is CC(=O)c1c(F)cccc1NCCCOCC1CCOC1. The standard InChI is InChI=1S/C16H22FNO3/c1-12(19)16-14(17)4-2-5-15(16)18-7-3-8-20-10-13-6-9-21-11-13/h2,4-5,13,18H,3,6-11H2,1H3. The summed E-state index contributed by atoms with van der Waals surface area (Å²) in [6, 6.07) is 4.62. The molecule has 0 radical (unpaired) electrons. The van der Waals surface area contributed by atoms with Crippen LogP contribution < -0.4 is 5.32 Å². The molecule has 1 aromatic rings. The summed E-state index contributed by atoms with van der Waals surface area (Å²) in [4.78, 5) is 11.5. The summed E-state index contributed by atoms with van der Waals surface area (Å²) in [7, 11) is 0. The Bertz CT molecular complexity index is 473. The summed E-state index contributed by atoms with van der Waals surface area (Å²) in [5, 5.41) is 3.10. The van der Waals surface area contributed by atoms with Gasteiger partial charge in [-0.05, 0) is 31.9 Å². The Morgan fingerprint density at radius 2 is 2.38 bits per heavy atom. The molecule has 0 saturated carbocycles. The number of ether oxygens (including phenoxy) is 2. The molecule has 4 nitrogen and oxygen atoms in total. The maximum atomic E-state index is 13.6. The van der Waals surface area contributed by atoms with Crippen molar-refractivity contribution in [1.29, 1.82) is 0 Å². The van der Waals surface area contributed by atoms with E-state index in [1.165, 1.54) is 13.0 Å². The second-order valence-electron chi connectivity index (χ2n) is 5.30. The smallest absolute Gasteiger partial charge is 0.164 e. The van der Waals surface area contributed by atoms with Crippen molar-refractivity contribution in [2.75, 3.05) is 38.3 Å². The van der Waals surface area contributed by atoms with Gasteiger partial charge in [-0.3, -0.25) is 4.79 Å². The van der Waals surface area contributed by atoms with E-state index in [-0.39, 0.29) is 11.3 Å². The van der Waals surface area contributed by atoms with Gasteiger partial charge >= 0.3 is 0 Å². The van der Waals surface area contributed by atoms with Gasteiger partial charge in [-0.15, -0.1) is 0 Å². The molecule has 1 saturated heterocycles. The molecule has 0 bridgehead atoms. The third-order valence-electron chi connectivity index (χ3n) is 3.52. The summed E-state index contributed by atoms with van der Waals surface area (Å²) >= 11 is 0. The molecule has 1 atom stereocenters. The number of carbonyl (C=O) groups excluding carboxylic acids is 1. The molecule has 0 spiro atoms. The molecular weight excluding hydrogens is 273 g/mol. The van der Waals surface area contributed by atoms with E-state index in [4.69, 9.17) is 9.47 Å². The van der Waals surface area contributed by atoms with Gasteiger partial charge in [0.05, 0.1) is 18.8 Å². The number of hydrogen-bond donors (Lipinski definition) is 1. The van der Waals surface area contributed by atoms with Crippen molar-refractivity contribution in [2.24, 2.45) is 5.92 Å². The predicted molar refractivity (Wildman–Crippen MR) is 79.3 cm³/mol. The second-order valence-corrected chi connectivity index (χ2v) is 5.30. The minimum absolute atomic E-state index is 0.126. The van der Waals surface area contributed by atoms with Gasteiger partial charge in [0.1, 0.15) is 5.82 Å². The Balaban J connectivity index is 1.68. The number of nitrogens with one attached hydrogen (secondary N) is 1. The highest BCUT2D eigenvalue weighted by atomic mass is 19.1. The first-order chi connectivity index (χ1) is 10.2. The topological polar surface area (TPSA) is 47.6 Å². The monoisotopic (exact) mass is 295 g/mol. The predicted octanol–water partition coefficient (Wildman–Crippen LogP) is 2.88. The molecule has 0 aliphatic carbocycles. The molecule has 1 heterocycles. The van der Waals surface area contributed by atoms with Crippen LogP contribution in [-0.4, -0.2) is 38.8 Å². The first-order valence-corrected chi connectivity index (χ1v) is 7.37. The number of carbonyl (C=O) groups is 1. The largest absolute Gasteiger partial charge is 0.384 e. The van der Waals surface area contributed by atoms with Crippen molar-refractivity contribution in [3.8, 4) is 0 Å².